The third-order valence-electron chi connectivity index (χ3n) is 4.67. The van der Waals surface area contributed by atoms with Gasteiger partial charge in [-0.15, -0.1) is 11.3 Å². The van der Waals surface area contributed by atoms with Gasteiger partial charge in [0.2, 0.25) is 0 Å². The lowest BCUT2D eigenvalue weighted by Crippen LogP contribution is -2.29. The number of hydrogen-bond donors (Lipinski definition) is 1. The second-order valence-electron chi connectivity index (χ2n) is 6.50. The van der Waals surface area contributed by atoms with Crippen LogP contribution in [0.25, 0.3) is 5.76 Å². The van der Waals surface area contributed by atoms with Gasteiger partial charge in [-0.2, -0.15) is 0 Å². The zero-order valence-electron chi connectivity index (χ0n) is 15.9. The lowest BCUT2D eigenvalue weighted by Gasteiger charge is -2.23. The summed E-state index contributed by atoms with van der Waals surface area (Å²) in [5, 5.41) is 13.2. The SMILES string of the molecule is CCOc1ccc(C(O)=C2C(=O)C(=O)N(c3nccs3)[C@H]2c2cccc(Br)c2)cc1. The number of aliphatic hydroxyl groups is 1. The molecule has 152 valence electrons. The number of Topliss-reactive ketones (excluding diaryl/α,β-unsaturated/α-hetero) is 1. The van der Waals surface area contributed by atoms with Gasteiger partial charge in [-0.1, -0.05) is 28.1 Å². The van der Waals surface area contributed by atoms with Crippen molar-refractivity contribution in [1.82, 2.24) is 4.98 Å². The van der Waals surface area contributed by atoms with Crippen LogP contribution in [0.3, 0.4) is 0 Å². The first-order valence-corrected chi connectivity index (χ1v) is 10.9. The van der Waals surface area contributed by atoms with Crippen LogP contribution in [-0.2, 0) is 9.59 Å². The van der Waals surface area contributed by atoms with Crippen molar-refractivity contribution < 1.29 is 19.4 Å². The van der Waals surface area contributed by atoms with Crippen LogP contribution in [0.5, 0.6) is 5.75 Å². The molecule has 1 saturated heterocycles. The molecule has 0 bridgehead atoms. The minimum Gasteiger partial charge on any atom is -0.507 e. The van der Waals surface area contributed by atoms with Crippen LogP contribution in [-0.4, -0.2) is 28.4 Å². The van der Waals surface area contributed by atoms with Crippen molar-refractivity contribution in [1.29, 1.82) is 0 Å². The van der Waals surface area contributed by atoms with E-state index < -0.39 is 17.7 Å². The fourth-order valence-electron chi connectivity index (χ4n) is 3.39. The van der Waals surface area contributed by atoms with Crippen LogP contribution < -0.4 is 9.64 Å². The largest absolute Gasteiger partial charge is 0.507 e. The van der Waals surface area contributed by atoms with Gasteiger partial charge in [0.1, 0.15) is 11.5 Å². The van der Waals surface area contributed by atoms with Crippen molar-refractivity contribution in [3.63, 3.8) is 0 Å². The topological polar surface area (TPSA) is 79.7 Å². The van der Waals surface area contributed by atoms with Gasteiger partial charge >= 0.3 is 5.91 Å². The van der Waals surface area contributed by atoms with E-state index in [1.165, 1.54) is 16.2 Å². The highest BCUT2D eigenvalue weighted by molar-refractivity contribution is 9.10. The number of aliphatic hydroxyl groups excluding tert-OH is 1. The number of aromatic nitrogens is 1. The van der Waals surface area contributed by atoms with Crippen molar-refractivity contribution in [3.8, 4) is 5.75 Å². The maximum Gasteiger partial charge on any atom is 0.301 e. The predicted molar refractivity (Wildman–Crippen MR) is 119 cm³/mol. The van der Waals surface area contributed by atoms with Crippen LogP contribution in [0.15, 0.2) is 70.2 Å². The molecule has 2 aromatic carbocycles. The molecule has 30 heavy (non-hydrogen) atoms. The normalized spacial score (nSPS) is 18.1. The van der Waals surface area contributed by atoms with Crippen LogP contribution in [0.1, 0.15) is 24.1 Å². The molecule has 1 atom stereocenters. The predicted octanol–water partition coefficient (Wildman–Crippen LogP) is 4.93. The average molecular weight is 485 g/mol. The van der Waals surface area contributed by atoms with Gasteiger partial charge in [0, 0.05) is 21.6 Å². The van der Waals surface area contributed by atoms with Crippen molar-refractivity contribution >= 4 is 49.8 Å². The monoisotopic (exact) mass is 484 g/mol. The maximum atomic E-state index is 13.0. The summed E-state index contributed by atoms with van der Waals surface area (Å²) in [6.07, 6.45) is 1.57. The first-order valence-electron chi connectivity index (χ1n) is 9.20. The molecule has 1 aliphatic rings. The first kappa shape index (κ1) is 20.3. The fraction of sp³-hybridized carbons (Fsp3) is 0.136. The number of carbonyl (C=O) groups is 2. The zero-order chi connectivity index (χ0) is 21.3. The molecule has 0 radical (unpaired) electrons. The molecule has 8 heteroatoms. The fourth-order valence-corrected chi connectivity index (χ4v) is 4.47. The highest BCUT2D eigenvalue weighted by Gasteiger charge is 2.48. The number of anilines is 1. The van der Waals surface area contributed by atoms with Gasteiger partial charge < -0.3 is 9.84 Å². The van der Waals surface area contributed by atoms with E-state index in [1.807, 2.05) is 31.2 Å². The van der Waals surface area contributed by atoms with Crippen LogP contribution in [0.2, 0.25) is 0 Å². The molecule has 4 rings (SSSR count). The Bertz CT molecular complexity index is 1130. The number of benzene rings is 2. The third kappa shape index (κ3) is 3.64. The van der Waals surface area contributed by atoms with Gasteiger partial charge in [-0.3, -0.25) is 14.5 Å². The Morgan fingerprint density at radius 1 is 1.23 bits per heavy atom. The van der Waals surface area contributed by atoms with Crippen molar-refractivity contribution in [2.45, 2.75) is 13.0 Å². The maximum absolute atomic E-state index is 13.0. The highest BCUT2D eigenvalue weighted by Crippen LogP contribution is 2.43. The van der Waals surface area contributed by atoms with E-state index in [2.05, 4.69) is 20.9 Å². The summed E-state index contributed by atoms with van der Waals surface area (Å²) in [6.45, 7) is 2.40. The first-order chi connectivity index (χ1) is 14.5. The van der Waals surface area contributed by atoms with E-state index in [-0.39, 0.29) is 11.3 Å². The quantitative estimate of drug-likeness (QED) is 0.315. The standard InChI is InChI=1S/C22H17BrN2O4S/c1-2-29-16-8-6-13(7-9-16)19(26)17-18(14-4-3-5-15(23)12-14)25(21(28)20(17)27)22-24-10-11-30-22/h3-12,18,26H,2H2,1H3/t18-/m0/s1. The number of amides is 1. The molecule has 3 aromatic rings. The van der Waals surface area contributed by atoms with Gasteiger partial charge in [0.15, 0.2) is 5.13 Å². The van der Waals surface area contributed by atoms with E-state index in [9.17, 15) is 14.7 Å². The second-order valence-corrected chi connectivity index (χ2v) is 8.28. The summed E-state index contributed by atoms with van der Waals surface area (Å²) >= 11 is 4.69. The highest BCUT2D eigenvalue weighted by atomic mass is 79.9. The Morgan fingerprint density at radius 2 is 2.00 bits per heavy atom. The number of nitrogens with zero attached hydrogens (tertiary/aromatic N) is 2. The summed E-state index contributed by atoms with van der Waals surface area (Å²) < 4.78 is 6.23. The minimum atomic E-state index is -0.791. The Labute approximate surface area is 185 Å². The molecular formula is C22H17BrN2O4S. The molecule has 1 fully saturated rings. The second kappa shape index (κ2) is 8.41. The number of carbonyl (C=O) groups excluding carboxylic acids is 2. The number of halogens is 1. The van der Waals surface area contributed by atoms with Crippen molar-refractivity contribution in [2.75, 3.05) is 11.5 Å². The van der Waals surface area contributed by atoms with Crippen molar-refractivity contribution in [3.05, 3.63) is 81.3 Å². The number of rotatable bonds is 5. The Balaban J connectivity index is 1.88. The molecule has 1 amide bonds. The molecular weight excluding hydrogens is 468 g/mol. The van der Waals surface area contributed by atoms with Crippen LogP contribution in [0, 0.1) is 0 Å². The van der Waals surface area contributed by atoms with Gasteiger partial charge in [0.25, 0.3) is 5.78 Å². The molecule has 1 aliphatic heterocycles. The Morgan fingerprint density at radius 3 is 2.63 bits per heavy atom. The van der Waals surface area contributed by atoms with E-state index in [4.69, 9.17) is 4.74 Å². The van der Waals surface area contributed by atoms with Gasteiger partial charge in [-0.25, -0.2) is 4.98 Å². The molecule has 2 heterocycles. The molecule has 0 spiro atoms. The molecule has 6 nitrogen and oxygen atoms in total. The summed E-state index contributed by atoms with van der Waals surface area (Å²) in [4.78, 5) is 31.5. The Hall–Kier alpha value is -2.97. The lowest BCUT2D eigenvalue weighted by molar-refractivity contribution is -0.132. The Kier molecular flexibility index (Phi) is 5.69. The van der Waals surface area contributed by atoms with E-state index >= 15 is 0 Å². The van der Waals surface area contributed by atoms with E-state index in [0.717, 1.165) is 4.47 Å². The number of ketones is 1. The smallest absolute Gasteiger partial charge is 0.301 e. The van der Waals surface area contributed by atoms with Crippen LogP contribution >= 0.6 is 27.3 Å². The molecule has 0 saturated carbocycles. The number of hydrogen-bond acceptors (Lipinski definition) is 6. The number of ether oxygens (including phenoxy) is 1. The van der Waals surface area contributed by atoms with Gasteiger partial charge in [-0.05, 0) is 48.9 Å². The molecule has 1 N–H and O–H groups in total. The minimum absolute atomic E-state index is 0.0254. The van der Waals surface area contributed by atoms with E-state index in [0.29, 0.717) is 28.6 Å². The zero-order valence-corrected chi connectivity index (χ0v) is 18.3. The van der Waals surface area contributed by atoms with Crippen LogP contribution in [0.4, 0.5) is 5.13 Å². The third-order valence-corrected chi connectivity index (χ3v) is 5.94. The summed E-state index contributed by atoms with van der Waals surface area (Å²) in [5.74, 6) is -1.05. The number of thiazole rings is 1. The lowest BCUT2D eigenvalue weighted by atomic mass is 9.95. The summed E-state index contributed by atoms with van der Waals surface area (Å²) in [6, 6.07) is 13.3. The van der Waals surface area contributed by atoms with Gasteiger partial charge in [0.05, 0.1) is 18.2 Å². The van der Waals surface area contributed by atoms with E-state index in [1.54, 1.807) is 35.8 Å². The summed E-state index contributed by atoms with van der Waals surface area (Å²) in [7, 11) is 0. The molecule has 0 aliphatic carbocycles. The molecule has 0 unspecified atom stereocenters. The molecule has 1 aromatic heterocycles. The summed E-state index contributed by atoms with van der Waals surface area (Å²) in [5.41, 5.74) is 1.14. The van der Waals surface area contributed by atoms with Crippen molar-refractivity contribution in [2.24, 2.45) is 0 Å². The average Bonchev–Trinajstić information content (AvgIpc) is 3.35.